The fraction of sp³-hybridized carbons (Fsp3) is 0.818. The summed E-state index contributed by atoms with van der Waals surface area (Å²) in [4.78, 5) is 32.4. The van der Waals surface area contributed by atoms with Gasteiger partial charge in [-0.15, -0.1) is 0 Å². The van der Waals surface area contributed by atoms with Crippen molar-refractivity contribution in [2.24, 2.45) is 5.73 Å². The molecule has 0 bridgehead atoms. The molecule has 4 atom stereocenters. The second-order valence-electron chi connectivity index (χ2n) is 7.79. The number of nitrogens with two attached hydrogens (primary N) is 1. The highest BCUT2D eigenvalue weighted by atomic mass is 31.2. The Morgan fingerprint density at radius 1 is 0.971 bits per heavy atom. The van der Waals surface area contributed by atoms with E-state index in [4.69, 9.17) is 29.6 Å². The Kier molecular flexibility index (Phi) is 19.1. The van der Waals surface area contributed by atoms with Gasteiger partial charge in [0, 0.05) is 6.42 Å². The Balaban J connectivity index is 4.21. The van der Waals surface area contributed by atoms with Crippen LogP contribution in [0.4, 0.5) is 0 Å². The molecule has 0 radical (unpaired) electrons. The molecular weight excluding hydrogens is 469 g/mol. The Morgan fingerprint density at radius 2 is 1.59 bits per heavy atom. The van der Waals surface area contributed by atoms with E-state index < -0.39 is 38.5 Å². The van der Waals surface area contributed by atoms with Crippen molar-refractivity contribution in [3.63, 3.8) is 0 Å². The number of hydrogen-bond donors (Lipinski definition) is 3. The van der Waals surface area contributed by atoms with Crippen LogP contribution in [0.3, 0.4) is 0 Å². The first-order valence-electron chi connectivity index (χ1n) is 11.8. The molecule has 4 N–H and O–H groups in total. The SMILES string of the molecule is CCCCC(C)OC/C=C\COC(CCCC)C(=O)OCCCOP(=O)(O)OC[C@H](N)C(=O)O. The number of carboxylic acid groups (broad SMARTS) is 1. The molecule has 0 saturated carbocycles. The molecule has 0 fully saturated rings. The van der Waals surface area contributed by atoms with E-state index in [9.17, 15) is 19.0 Å². The molecule has 11 nitrogen and oxygen atoms in total. The average Bonchev–Trinajstić information content (AvgIpc) is 2.79. The Labute approximate surface area is 202 Å². The van der Waals surface area contributed by atoms with Crippen molar-refractivity contribution in [2.45, 2.75) is 84.0 Å². The topological polar surface area (TPSA) is 164 Å². The summed E-state index contributed by atoms with van der Waals surface area (Å²) < 4.78 is 37.4. The molecule has 0 amide bonds. The third kappa shape index (κ3) is 18.1. The van der Waals surface area contributed by atoms with E-state index in [1.165, 1.54) is 0 Å². The maximum absolute atomic E-state index is 12.3. The maximum Gasteiger partial charge on any atom is 0.472 e. The predicted molar refractivity (Wildman–Crippen MR) is 126 cm³/mol. The molecule has 0 saturated heterocycles. The van der Waals surface area contributed by atoms with Gasteiger partial charge in [-0.1, -0.05) is 51.7 Å². The molecule has 0 aliphatic carbocycles. The fourth-order valence-corrected chi connectivity index (χ4v) is 3.33. The number of ether oxygens (including phenoxy) is 3. The molecule has 0 aliphatic heterocycles. The number of phosphoric acid groups is 1. The molecule has 0 aromatic rings. The fourth-order valence-electron chi connectivity index (χ4n) is 2.55. The highest BCUT2D eigenvalue weighted by Crippen LogP contribution is 2.43. The van der Waals surface area contributed by atoms with Crippen LogP contribution < -0.4 is 5.73 Å². The molecule has 3 unspecified atom stereocenters. The van der Waals surface area contributed by atoms with Crippen LogP contribution in [0, 0.1) is 0 Å². The van der Waals surface area contributed by atoms with Gasteiger partial charge in [0.05, 0.1) is 39.1 Å². The second kappa shape index (κ2) is 19.9. The lowest BCUT2D eigenvalue weighted by Gasteiger charge is -2.16. The zero-order chi connectivity index (χ0) is 25.8. The van der Waals surface area contributed by atoms with Gasteiger partial charge in [0.2, 0.25) is 0 Å². The molecule has 34 heavy (non-hydrogen) atoms. The number of carbonyl (C=O) groups is 2. The number of phosphoric ester groups is 1. The van der Waals surface area contributed by atoms with E-state index in [1.807, 2.05) is 26.0 Å². The average molecular weight is 512 g/mol. The van der Waals surface area contributed by atoms with E-state index in [0.717, 1.165) is 32.1 Å². The number of hydrogen-bond acceptors (Lipinski definition) is 9. The standard InChI is InChI=1S/C22H42NO10P/c1-4-6-11-18(3)29-13-8-9-14-30-20(12-7-5-2)22(26)31-15-10-16-32-34(27,28)33-17-19(23)21(24)25/h8-9,18-20H,4-7,10-17,23H2,1-3H3,(H,24,25)(H,27,28)/b9-8-/t18?,19-,20?/m0/s1. The molecule has 0 aromatic carbocycles. The first kappa shape index (κ1) is 32.7. The zero-order valence-corrected chi connectivity index (χ0v) is 21.5. The third-order valence-electron chi connectivity index (χ3n) is 4.61. The summed E-state index contributed by atoms with van der Waals surface area (Å²) in [5.41, 5.74) is 5.19. The van der Waals surface area contributed by atoms with E-state index >= 15 is 0 Å². The lowest BCUT2D eigenvalue weighted by atomic mass is 10.1. The van der Waals surface area contributed by atoms with Gasteiger partial charge in [0.1, 0.15) is 6.04 Å². The van der Waals surface area contributed by atoms with Crippen molar-refractivity contribution in [1.29, 1.82) is 0 Å². The van der Waals surface area contributed by atoms with Crippen LogP contribution in [0.25, 0.3) is 0 Å². The van der Waals surface area contributed by atoms with Gasteiger partial charge in [-0.25, -0.2) is 9.36 Å². The minimum atomic E-state index is -4.45. The summed E-state index contributed by atoms with van der Waals surface area (Å²) in [6, 6.07) is -1.44. The summed E-state index contributed by atoms with van der Waals surface area (Å²) in [5, 5.41) is 8.63. The van der Waals surface area contributed by atoms with E-state index in [0.29, 0.717) is 13.0 Å². The van der Waals surface area contributed by atoms with Gasteiger partial charge in [-0.05, 0) is 19.8 Å². The molecule has 0 aromatic heterocycles. The summed E-state index contributed by atoms with van der Waals surface area (Å²) in [7, 11) is -4.45. The minimum Gasteiger partial charge on any atom is -0.480 e. The van der Waals surface area contributed by atoms with Gasteiger partial charge in [-0.2, -0.15) is 0 Å². The monoisotopic (exact) mass is 511 g/mol. The van der Waals surface area contributed by atoms with Crippen molar-refractivity contribution >= 4 is 19.8 Å². The quantitative estimate of drug-likeness (QED) is 0.0846. The van der Waals surface area contributed by atoms with Crippen molar-refractivity contribution in [1.82, 2.24) is 0 Å². The number of carbonyl (C=O) groups excluding carboxylic acids is 1. The third-order valence-corrected chi connectivity index (χ3v) is 5.59. The number of esters is 1. The summed E-state index contributed by atoms with van der Waals surface area (Å²) in [5.74, 6) is -1.88. The van der Waals surface area contributed by atoms with Crippen LogP contribution in [0.5, 0.6) is 0 Å². The van der Waals surface area contributed by atoms with Crippen LogP contribution in [0.15, 0.2) is 12.2 Å². The largest absolute Gasteiger partial charge is 0.480 e. The Morgan fingerprint density at radius 3 is 2.21 bits per heavy atom. The number of aliphatic carboxylic acids is 1. The lowest BCUT2D eigenvalue weighted by molar-refractivity contribution is -0.157. The maximum atomic E-state index is 12.3. The van der Waals surface area contributed by atoms with Gasteiger partial charge >= 0.3 is 19.8 Å². The van der Waals surface area contributed by atoms with Crippen molar-refractivity contribution in [3.8, 4) is 0 Å². The smallest absolute Gasteiger partial charge is 0.472 e. The molecule has 0 heterocycles. The van der Waals surface area contributed by atoms with Gasteiger partial charge in [0.25, 0.3) is 0 Å². The first-order chi connectivity index (χ1) is 16.1. The molecule has 200 valence electrons. The summed E-state index contributed by atoms with van der Waals surface area (Å²) >= 11 is 0. The molecular formula is C22H42NO10P. The highest BCUT2D eigenvalue weighted by molar-refractivity contribution is 7.47. The van der Waals surface area contributed by atoms with E-state index in [-0.39, 0.29) is 32.3 Å². The first-order valence-corrected chi connectivity index (χ1v) is 13.3. The van der Waals surface area contributed by atoms with Gasteiger partial charge < -0.3 is 29.9 Å². The number of rotatable bonds is 22. The van der Waals surface area contributed by atoms with Crippen molar-refractivity contribution in [2.75, 3.05) is 33.0 Å². The lowest BCUT2D eigenvalue weighted by Crippen LogP contribution is -2.34. The van der Waals surface area contributed by atoms with Crippen LogP contribution in [-0.2, 0) is 37.4 Å². The number of unbranched alkanes of at least 4 members (excludes halogenated alkanes) is 2. The van der Waals surface area contributed by atoms with Crippen LogP contribution in [-0.4, -0.2) is 73.2 Å². The van der Waals surface area contributed by atoms with Crippen LogP contribution in [0.1, 0.15) is 65.7 Å². The van der Waals surface area contributed by atoms with E-state index in [1.54, 1.807) is 0 Å². The van der Waals surface area contributed by atoms with Crippen LogP contribution >= 0.6 is 7.82 Å². The van der Waals surface area contributed by atoms with E-state index in [2.05, 4.69) is 11.4 Å². The van der Waals surface area contributed by atoms with Gasteiger partial charge in [0.15, 0.2) is 6.10 Å². The summed E-state index contributed by atoms with van der Waals surface area (Å²) in [6.45, 7) is 5.99. The Bertz CT molecular complexity index is 631. The molecule has 0 spiro atoms. The van der Waals surface area contributed by atoms with Crippen molar-refractivity contribution < 1.29 is 47.4 Å². The molecule has 0 aliphatic rings. The number of carboxylic acids is 1. The predicted octanol–water partition coefficient (Wildman–Crippen LogP) is 3.19. The Hall–Kier alpha value is -1.33. The van der Waals surface area contributed by atoms with Crippen molar-refractivity contribution in [3.05, 3.63) is 12.2 Å². The molecule has 0 rings (SSSR count). The zero-order valence-electron chi connectivity index (χ0n) is 20.6. The normalized spacial score (nSPS) is 16.1. The van der Waals surface area contributed by atoms with Gasteiger partial charge in [-0.3, -0.25) is 13.8 Å². The minimum absolute atomic E-state index is 0.0429. The van der Waals surface area contributed by atoms with Crippen LogP contribution in [0.2, 0.25) is 0 Å². The molecule has 12 heteroatoms. The highest BCUT2D eigenvalue weighted by Gasteiger charge is 2.24. The second-order valence-corrected chi connectivity index (χ2v) is 9.24. The summed E-state index contributed by atoms with van der Waals surface area (Å²) in [6.07, 6.45) is 8.82.